The standard InChI is InChI=1S/C15H28N4O5.C2H7NO/c1-4-6-18(10-20)9-13(23)19(7-5-2)8-12(22)17-14(11(3)21)15(16)24;3-1-2-4/h10-11,14,21H,4-9H2,1-3H3,(H2,16,24)(H,17,22);4H,1-3H2. The quantitative estimate of drug-likeness (QED) is 0.208. The summed E-state index contributed by atoms with van der Waals surface area (Å²) >= 11 is 0. The number of amides is 4. The number of nitrogens with zero attached hydrogens (tertiary/aromatic N) is 2. The van der Waals surface area contributed by atoms with Crippen molar-refractivity contribution in [3.8, 4) is 0 Å². The van der Waals surface area contributed by atoms with E-state index >= 15 is 0 Å². The van der Waals surface area contributed by atoms with Crippen molar-refractivity contribution in [1.82, 2.24) is 15.1 Å². The molecule has 0 aromatic rings. The maximum Gasteiger partial charge on any atom is 0.242 e. The number of primary amides is 1. The van der Waals surface area contributed by atoms with Crippen LogP contribution in [-0.4, -0.2) is 95.6 Å². The lowest BCUT2D eigenvalue weighted by Crippen LogP contribution is -2.54. The van der Waals surface area contributed by atoms with Crippen LogP contribution in [0.1, 0.15) is 33.6 Å². The summed E-state index contributed by atoms with van der Waals surface area (Å²) in [5, 5.41) is 19.5. The number of carbonyl (C=O) groups excluding carboxylic acids is 4. The van der Waals surface area contributed by atoms with E-state index in [1.807, 2.05) is 13.8 Å². The number of rotatable bonds is 13. The van der Waals surface area contributed by atoms with Gasteiger partial charge in [0.2, 0.25) is 24.1 Å². The Hall–Kier alpha value is -2.24. The topological polar surface area (TPSA) is 179 Å². The minimum Gasteiger partial charge on any atom is -0.395 e. The largest absolute Gasteiger partial charge is 0.395 e. The van der Waals surface area contributed by atoms with Crippen molar-refractivity contribution >= 4 is 24.1 Å². The predicted octanol–water partition coefficient (Wildman–Crippen LogP) is -2.62. The zero-order valence-electron chi connectivity index (χ0n) is 17.0. The van der Waals surface area contributed by atoms with Gasteiger partial charge in [0, 0.05) is 19.6 Å². The van der Waals surface area contributed by atoms with E-state index in [4.69, 9.17) is 16.6 Å². The molecule has 0 saturated carbocycles. The highest BCUT2D eigenvalue weighted by Gasteiger charge is 2.25. The van der Waals surface area contributed by atoms with E-state index in [0.29, 0.717) is 32.5 Å². The molecule has 11 nitrogen and oxygen atoms in total. The summed E-state index contributed by atoms with van der Waals surface area (Å²) in [7, 11) is 0. The molecule has 2 unspecified atom stereocenters. The molecule has 0 aliphatic carbocycles. The fraction of sp³-hybridized carbons (Fsp3) is 0.765. The van der Waals surface area contributed by atoms with Crippen LogP contribution in [-0.2, 0) is 19.2 Å². The van der Waals surface area contributed by atoms with Crippen LogP contribution in [0.5, 0.6) is 0 Å². The fourth-order valence-electron chi connectivity index (χ4n) is 2.11. The van der Waals surface area contributed by atoms with Gasteiger partial charge in [-0.2, -0.15) is 0 Å². The van der Waals surface area contributed by atoms with E-state index < -0.39 is 24.0 Å². The molecule has 0 bridgehead atoms. The van der Waals surface area contributed by atoms with Crippen molar-refractivity contribution in [2.75, 3.05) is 39.3 Å². The first-order chi connectivity index (χ1) is 13.2. The van der Waals surface area contributed by atoms with Crippen molar-refractivity contribution in [2.45, 2.75) is 45.8 Å². The molecular formula is C17H35N5O6. The van der Waals surface area contributed by atoms with Gasteiger partial charge in [-0.15, -0.1) is 0 Å². The predicted molar refractivity (Wildman–Crippen MR) is 104 cm³/mol. The third-order valence-corrected chi connectivity index (χ3v) is 3.41. The number of hydrogen-bond acceptors (Lipinski definition) is 7. The molecule has 0 heterocycles. The summed E-state index contributed by atoms with van der Waals surface area (Å²) in [5.74, 6) is -1.82. The van der Waals surface area contributed by atoms with Gasteiger partial charge < -0.3 is 36.8 Å². The van der Waals surface area contributed by atoms with Crippen molar-refractivity contribution in [2.24, 2.45) is 11.5 Å². The van der Waals surface area contributed by atoms with Gasteiger partial charge in [0.15, 0.2) is 0 Å². The second-order valence-corrected chi connectivity index (χ2v) is 6.09. The van der Waals surface area contributed by atoms with Gasteiger partial charge in [-0.25, -0.2) is 0 Å². The van der Waals surface area contributed by atoms with E-state index in [0.717, 1.165) is 6.42 Å². The molecule has 164 valence electrons. The molecule has 0 aromatic heterocycles. The zero-order chi connectivity index (χ0) is 22.1. The molecule has 0 fully saturated rings. The summed E-state index contributed by atoms with van der Waals surface area (Å²) in [6.07, 6.45) is 0.803. The van der Waals surface area contributed by atoms with Crippen LogP contribution in [0.4, 0.5) is 0 Å². The molecule has 0 rings (SSSR count). The van der Waals surface area contributed by atoms with Crippen LogP contribution in [0.3, 0.4) is 0 Å². The number of aliphatic hydroxyl groups is 2. The minimum atomic E-state index is -1.22. The van der Waals surface area contributed by atoms with Crippen LogP contribution in [0.2, 0.25) is 0 Å². The highest BCUT2D eigenvalue weighted by atomic mass is 16.3. The van der Waals surface area contributed by atoms with Crippen molar-refractivity contribution < 1.29 is 29.4 Å². The number of nitrogens with two attached hydrogens (primary N) is 2. The van der Waals surface area contributed by atoms with Crippen molar-refractivity contribution in [3.05, 3.63) is 0 Å². The molecule has 0 aliphatic rings. The number of nitrogens with one attached hydrogen (secondary N) is 1. The highest BCUT2D eigenvalue weighted by Crippen LogP contribution is 1.98. The molecule has 0 aromatic carbocycles. The van der Waals surface area contributed by atoms with Crippen LogP contribution >= 0.6 is 0 Å². The smallest absolute Gasteiger partial charge is 0.242 e. The summed E-state index contributed by atoms with van der Waals surface area (Å²) in [4.78, 5) is 49.1. The van der Waals surface area contributed by atoms with Crippen LogP contribution < -0.4 is 16.8 Å². The van der Waals surface area contributed by atoms with Crippen LogP contribution in [0.15, 0.2) is 0 Å². The summed E-state index contributed by atoms with van der Waals surface area (Å²) in [6, 6.07) is -1.22. The Balaban J connectivity index is 0. The third-order valence-electron chi connectivity index (χ3n) is 3.41. The summed E-state index contributed by atoms with van der Waals surface area (Å²) < 4.78 is 0. The zero-order valence-corrected chi connectivity index (χ0v) is 17.0. The molecule has 0 aliphatic heterocycles. The van der Waals surface area contributed by atoms with Crippen molar-refractivity contribution in [1.29, 1.82) is 0 Å². The van der Waals surface area contributed by atoms with Gasteiger partial charge in [0.25, 0.3) is 0 Å². The maximum atomic E-state index is 12.3. The SMILES string of the molecule is CCCN(C=O)CC(=O)N(CCC)CC(=O)NC(C(N)=O)C(C)O.NCCO. The second kappa shape index (κ2) is 16.9. The van der Waals surface area contributed by atoms with E-state index in [2.05, 4.69) is 5.32 Å². The lowest BCUT2D eigenvalue weighted by atomic mass is 10.1. The maximum absolute atomic E-state index is 12.3. The van der Waals surface area contributed by atoms with Gasteiger partial charge in [-0.1, -0.05) is 13.8 Å². The molecule has 0 saturated heterocycles. The molecule has 0 spiro atoms. The first kappa shape index (κ1) is 28.0. The van der Waals surface area contributed by atoms with Crippen molar-refractivity contribution in [3.63, 3.8) is 0 Å². The number of aliphatic hydroxyl groups excluding tert-OH is 2. The molecule has 0 radical (unpaired) electrons. The molecule has 2 atom stereocenters. The number of carbonyl (C=O) groups is 4. The van der Waals surface area contributed by atoms with Gasteiger partial charge >= 0.3 is 0 Å². The third kappa shape index (κ3) is 13.0. The van der Waals surface area contributed by atoms with E-state index in [9.17, 15) is 24.3 Å². The van der Waals surface area contributed by atoms with Gasteiger partial charge in [0.05, 0.1) is 25.8 Å². The first-order valence-corrected chi connectivity index (χ1v) is 9.23. The van der Waals surface area contributed by atoms with Gasteiger partial charge in [-0.05, 0) is 19.8 Å². The lowest BCUT2D eigenvalue weighted by Gasteiger charge is -2.26. The first-order valence-electron chi connectivity index (χ1n) is 9.23. The Bertz CT molecular complexity index is 473. The normalized spacial score (nSPS) is 12.1. The Labute approximate surface area is 166 Å². The molecule has 11 heteroatoms. The summed E-state index contributed by atoms with van der Waals surface area (Å²) in [5.41, 5.74) is 9.89. The van der Waals surface area contributed by atoms with Gasteiger partial charge in [-0.3, -0.25) is 19.2 Å². The average molecular weight is 405 g/mol. The Morgan fingerprint density at radius 3 is 2.04 bits per heavy atom. The highest BCUT2D eigenvalue weighted by molar-refractivity contribution is 5.90. The van der Waals surface area contributed by atoms with Crippen LogP contribution in [0.25, 0.3) is 0 Å². The van der Waals surface area contributed by atoms with Gasteiger partial charge in [0.1, 0.15) is 6.04 Å². The van der Waals surface area contributed by atoms with E-state index in [1.165, 1.54) is 16.7 Å². The number of hydrogen-bond donors (Lipinski definition) is 5. The average Bonchev–Trinajstić information content (AvgIpc) is 2.64. The lowest BCUT2D eigenvalue weighted by molar-refractivity contribution is -0.139. The van der Waals surface area contributed by atoms with Crippen LogP contribution in [0, 0.1) is 0 Å². The second-order valence-electron chi connectivity index (χ2n) is 6.09. The summed E-state index contributed by atoms with van der Waals surface area (Å²) in [6.45, 7) is 5.94. The fourth-order valence-corrected chi connectivity index (χ4v) is 2.11. The Morgan fingerprint density at radius 1 is 1.14 bits per heavy atom. The van der Waals surface area contributed by atoms with E-state index in [-0.39, 0.29) is 25.6 Å². The molecule has 4 amide bonds. The Morgan fingerprint density at radius 2 is 1.68 bits per heavy atom. The molecule has 28 heavy (non-hydrogen) atoms. The monoisotopic (exact) mass is 405 g/mol. The minimum absolute atomic E-state index is 0.0972. The molecule has 7 N–H and O–H groups in total. The van der Waals surface area contributed by atoms with E-state index in [1.54, 1.807) is 0 Å². The Kier molecular flexibility index (Phi) is 16.9. The molecular weight excluding hydrogens is 370 g/mol.